The quantitative estimate of drug-likeness (QED) is 0.653. The lowest BCUT2D eigenvalue weighted by atomic mass is 10.1. The second-order valence-corrected chi connectivity index (χ2v) is 6.60. The number of aromatic nitrogens is 1. The minimum atomic E-state index is -0.895. The van der Waals surface area contributed by atoms with E-state index in [4.69, 9.17) is 9.47 Å². The first kappa shape index (κ1) is 17.9. The number of fused-ring (bicyclic) bond motifs is 1. The van der Waals surface area contributed by atoms with Crippen LogP contribution in [0.15, 0.2) is 42.5 Å². The summed E-state index contributed by atoms with van der Waals surface area (Å²) in [4.78, 5) is 15.9. The third kappa shape index (κ3) is 4.03. The van der Waals surface area contributed by atoms with Gasteiger partial charge in [0.25, 0.3) is 0 Å². The van der Waals surface area contributed by atoms with Crippen molar-refractivity contribution in [2.24, 2.45) is 0 Å². The molecular weight excluding hydrogens is 350 g/mol. The van der Waals surface area contributed by atoms with Crippen molar-refractivity contribution in [1.82, 2.24) is 4.98 Å². The molecular formula is C20H19NO4S. The molecule has 0 fully saturated rings. The van der Waals surface area contributed by atoms with E-state index >= 15 is 0 Å². The molecule has 0 aliphatic heterocycles. The number of benzene rings is 2. The number of thiazole rings is 1. The summed E-state index contributed by atoms with van der Waals surface area (Å²) in [6.07, 6.45) is 1.74. The Balaban J connectivity index is 2.03. The molecule has 3 rings (SSSR count). The standard InChI is InChI=1S/C20H19NO4S/c1-3-25-16-9-8-13(11-17(16)24-2)10-14(12-19(22)23)20-21-15-6-4-5-7-18(15)26-20/h4-11H,3,12H2,1-2H3,(H,22,23). The average molecular weight is 369 g/mol. The van der Waals surface area contributed by atoms with Gasteiger partial charge in [0.1, 0.15) is 5.01 Å². The van der Waals surface area contributed by atoms with E-state index in [1.54, 1.807) is 7.11 Å². The van der Waals surface area contributed by atoms with E-state index in [-0.39, 0.29) is 6.42 Å². The highest BCUT2D eigenvalue weighted by Gasteiger charge is 2.13. The minimum Gasteiger partial charge on any atom is -0.493 e. The first-order chi connectivity index (χ1) is 12.6. The second kappa shape index (κ2) is 8.01. The van der Waals surface area contributed by atoms with E-state index in [1.165, 1.54) is 11.3 Å². The van der Waals surface area contributed by atoms with Crippen molar-refractivity contribution in [3.8, 4) is 11.5 Å². The molecule has 5 nitrogen and oxygen atoms in total. The van der Waals surface area contributed by atoms with Crippen LogP contribution in [0.25, 0.3) is 21.9 Å². The predicted molar refractivity (Wildman–Crippen MR) is 104 cm³/mol. The first-order valence-corrected chi connectivity index (χ1v) is 9.01. The molecule has 1 N–H and O–H groups in total. The van der Waals surface area contributed by atoms with E-state index in [2.05, 4.69) is 4.98 Å². The highest BCUT2D eigenvalue weighted by Crippen LogP contribution is 2.33. The lowest BCUT2D eigenvalue weighted by Crippen LogP contribution is -1.98. The summed E-state index contributed by atoms with van der Waals surface area (Å²) in [5, 5.41) is 10.0. The van der Waals surface area contributed by atoms with Crippen LogP contribution in [0.5, 0.6) is 11.5 Å². The first-order valence-electron chi connectivity index (χ1n) is 8.20. The third-order valence-corrected chi connectivity index (χ3v) is 4.85. The summed E-state index contributed by atoms with van der Waals surface area (Å²) in [5.74, 6) is 0.375. The normalized spacial score (nSPS) is 11.5. The Morgan fingerprint density at radius 2 is 2.04 bits per heavy atom. The van der Waals surface area contributed by atoms with Crippen LogP contribution < -0.4 is 9.47 Å². The predicted octanol–water partition coefficient (Wildman–Crippen LogP) is 4.72. The van der Waals surface area contributed by atoms with Gasteiger partial charge in [-0.1, -0.05) is 18.2 Å². The molecule has 0 radical (unpaired) electrons. The van der Waals surface area contributed by atoms with Gasteiger partial charge in [-0.25, -0.2) is 4.98 Å². The van der Waals surface area contributed by atoms with Crippen LogP contribution in [-0.2, 0) is 4.79 Å². The number of aliphatic carboxylic acids is 1. The molecule has 0 aliphatic carbocycles. The molecule has 0 saturated heterocycles. The summed E-state index contributed by atoms with van der Waals surface area (Å²) in [5.41, 5.74) is 2.36. The Morgan fingerprint density at radius 1 is 1.23 bits per heavy atom. The van der Waals surface area contributed by atoms with Crippen LogP contribution in [0.2, 0.25) is 0 Å². The van der Waals surface area contributed by atoms with Gasteiger partial charge < -0.3 is 14.6 Å². The molecule has 0 unspecified atom stereocenters. The van der Waals surface area contributed by atoms with Gasteiger partial charge in [0, 0.05) is 0 Å². The zero-order valence-electron chi connectivity index (χ0n) is 14.6. The maximum Gasteiger partial charge on any atom is 0.307 e. The highest BCUT2D eigenvalue weighted by molar-refractivity contribution is 7.19. The summed E-state index contributed by atoms with van der Waals surface area (Å²) in [6, 6.07) is 13.3. The third-order valence-electron chi connectivity index (χ3n) is 3.74. The number of rotatable bonds is 7. The van der Waals surface area contributed by atoms with E-state index in [9.17, 15) is 9.90 Å². The highest BCUT2D eigenvalue weighted by atomic mass is 32.1. The van der Waals surface area contributed by atoms with Crippen molar-refractivity contribution >= 4 is 39.2 Å². The average Bonchev–Trinajstić information content (AvgIpc) is 3.06. The van der Waals surface area contributed by atoms with E-state index in [1.807, 2.05) is 55.5 Å². The van der Waals surface area contributed by atoms with Gasteiger partial charge in [0.2, 0.25) is 0 Å². The molecule has 0 aliphatic rings. The fourth-order valence-corrected chi connectivity index (χ4v) is 3.59. The molecule has 2 aromatic carbocycles. The van der Waals surface area contributed by atoms with E-state index < -0.39 is 5.97 Å². The Hall–Kier alpha value is -2.86. The summed E-state index contributed by atoms with van der Waals surface area (Å²) in [7, 11) is 1.58. The molecule has 0 spiro atoms. The van der Waals surface area contributed by atoms with Gasteiger partial charge in [-0.2, -0.15) is 0 Å². The van der Waals surface area contributed by atoms with Crippen molar-refractivity contribution in [3.05, 3.63) is 53.0 Å². The molecule has 0 amide bonds. The Labute approximate surface area is 155 Å². The van der Waals surface area contributed by atoms with Crippen LogP contribution >= 0.6 is 11.3 Å². The van der Waals surface area contributed by atoms with Crippen molar-refractivity contribution < 1.29 is 19.4 Å². The SMILES string of the molecule is CCOc1ccc(C=C(CC(=O)O)c2nc3ccccc3s2)cc1OC. The maximum absolute atomic E-state index is 11.3. The topological polar surface area (TPSA) is 68.7 Å². The van der Waals surface area contributed by atoms with Crippen LogP contribution in [0.1, 0.15) is 23.9 Å². The number of nitrogens with zero attached hydrogens (tertiary/aromatic N) is 1. The van der Waals surface area contributed by atoms with Gasteiger partial charge in [0.15, 0.2) is 11.5 Å². The molecule has 3 aromatic rings. The Kier molecular flexibility index (Phi) is 5.53. The number of carboxylic acid groups (broad SMARTS) is 1. The van der Waals surface area contributed by atoms with Crippen LogP contribution in [0, 0.1) is 0 Å². The molecule has 1 heterocycles. The number of carboxylic acids is 1. The van der Waals surface area contributed by atoms with Crippen LogP contribution in [0.4, 0.5) is 0 Å². The fraction of sp³-hybridized carbons (Fsp3) is 0.200. The summed E-state index contributed by atoms with van der Waals surface area (Å²) >= 11 is 1.49. The monoisotopic (exact) mass is 369 g/mol. The smallest absolute Gasteiger partial charge is 0.307 e. The van der Waals surface area contributed by atoms with Gasteiger partial charge in [-0.15, -0.1) is 11.3 Å². The second-order valence-electron chi connectivity index (χ2n) is 5.57. The van der Waals surface area contributed by atoms with Gasteiger partial charge in [0.05, 0.1) is 30.4 Å². The minimum absolute atomic E-state index is 0.102. The van der Waals surface area contributed by atoms with Crippen molar-refractivity contribution in [2.75, 3.05) is 13.7 Å². The van der Waals surface area contributed by atoms with Crippen LogP contribution in [-0.4, -0.2) is 29.8 Å². The number of carbonyl (C=O) groups is 1. The van der Waals surface area contributed by atoms with Crippen molar-refractivity contribution in [3.63, 3.8) is 0 Å². The Morgan fingerprint density at radius 3 is 2.73 bits per heavy atom. The number of ether oxygens (including phenoxy) is 2. The van der Waals surface area contributed by atoms with Gasteiger partial charge in [-0.05, 0) is 48.4 Å². The molecule has 6 heteroatoms. The molecule has 134 valence electrons. The summed E-state index contributed by atoms with van der Waals surface area (Å²) < 4.78 is 11.9. The molecule has 1 aromatic heterocycles. The van der Waals surface area contributed by atoms with Crippen molar-refractivity contribution in [2.45, 2.75) is 13.3 Å². The lowest BCUT2D eigenvalue weighted by Gasteiger charge is -2.10. The molecule has 0 atom stereocenters. The Bertz CT molecular complexity index is 928. The fourth-order valence-electron chi connectivity index (χ4n) is 2.61. The number of hydrogen-bond acceptors (Lipinski definition) is 5. The maximum atomic E-state index is 11.3. The zero-order valence-corrected chi connectivity index (χ0v) is 15.4. The van der Waals surface area contributed by atoms with Crippen LogP contribution in [0.3, 0.4) is 0 Å². The van der Waals surface area contributed by atoms with E-state index in [0.29, 0.717) is 28.7 Å². The van der Waals surface area contributed by atoms with Crippen molar-refractivity contribution in [1.29, 1.82) is 0 Å². The molecule has 0 bridgehead atoms. The number of methoxy groups -OCH3 is 1. The number of para-hydroxylation sites is 1. The van der Waals surface area contributed by atoms with E-state index in [0.717, 1.165) is 15.8 Å². The molecule has 0 saturated carbocycles. The summed E-state index contributed by atoms with van der Waals surface area (Å²) in [6.45, 7) is 2.45. The lowest BCUT2D eigenvalue weighted by molar-refractivity contribution is -0.135. The number of hydrogen-bond donors (Lipinski definition) is 1. The largest absolute Gasteiger partial charge is 0.493 e. The van der Waals surface area contributed by atoms with Gasteiger partial charge >= 0.3 is 5.97 Å². The molecule has 26 heavy (non-hydrogen) atoms. The van der Waals surface area contributed by atoms with Gasteiger partial charge in [-0.3, -0.25) is 4.79 Å². The zero-order chi connectivity index (χ0) is 18.5.